The number of aromatic nitrogens is 2. The predicted molar refractivity (Wildman–Crippen MR) is 96.9 cm³/mol. The molecule has 3 aromatic rings. The quantitative estimate of drug-likeness (QED) is 0.730. The summed E-state index contributed by atoms with van der Waals surface area (Å²) in [4.78, 5) is 15.3. The lowest BCUT2D eigenvalue weighted by molar-refractivity contribution is -0.109. The summed E-state index contributed by atoms with van der Waals surface area (Å²) in [7, 11) is 0. The van der Waals surface area contributed by atoms with E-state index in [1.54, 1.807) is 0 Å². The van der Waals surface area contributed by atoms with E-state index >= 15 is 0 Å². The molecular formula is C20H23N3O. The predicted octanol–water partition coefficient (Wildman–Crippen LogP) is 3.63. The molecule has 0 aliphatic heterocycles. The fourth-order valence-electron chi connectivity index (χ4n) is 2.86. The highest BCUT2D eigenvalue weighted by molar-refractivity contribution is 5.76. The maximum atomic E-state index is 10.6. The maximum absolute atomic E-state index is 10.6. The van der Waals surface area contributed by atoms with E-state index in [1.165, 1.54) is 11.1 Å². The molecule has 0 atom stereocenters. The second-order valence-corrected chi connectivity index (χ2v) is 7.05. The minimum absolute atomic E-state index is 0.152. The van der Waals surface area contributed by atoms with E-state index in [4.69, 9.17) is 0 Å². The molecule has 0 unspecified atom stereocenters. The van der Waals surface area contributed by atoms with Crippen molar-refractivity contribution < 1.29 is 4.79 Å². The highest BCUT2D eigenvalue weighted by atomic mass is 16.1. The minimum Gasteiger partial charge on any atom is -0.351 e. The van der Waals surface area contributed by atoms with Gasteiger partial charge in [0, 0.05) is 6.54 Å². The molecule has 0 saturated heterocycles. The van der Waals surface area contributed by atoms with E-state index in [9.17, 15) is 4.79 Å². The molecule has 0 aliphatic carbocycles. The molecule has 4 nitrogen and oxygen atoms in total. The Kier molecular flexibility index (Phi) is 4.38. The first-order chi connectivity index (χ1) is 11.5. The van der Waals surface area contributed by atoms with Gasteiger partial charge in [-0.25, -0.2) is 4.98 Å². The Labute approximate surface area is 142 Å². The molecule has 0 radical (unpaired) electrons. The van der Waals surface area contributed by atoms with E-state index in [1.807, 2.05) is 18.2 Å². The van der Waals surface area contributed by atoms with Gasteiger partial charge in [-0.05, 0) is 28.7 Å². The van der Waals surface area contributed by atoms with Gasteiger partial charge in [-0.2, -0.15) is 0 Å². The van der Waals surface area contributed by atoms with Crippen molar-refractivity contribution in [3.8, 4) is 0 Å². The van der Waals surface area contributed by atoms with Crippen LogP contribution >= 0.6 is 0 Å². The number of carbonyl (C=O) groups excluding carboxylic acids is 1. The number of carbonyl (C=O) groups is 1. The number of amides is 1. The standard InChI is InChI=1S/C20H23N3O/c1-20(2,3)16-10-8-15(9-11-16)13-23-18-7-5-4-6-17(18)22-19(23)12-21-14-24/h4-11,14H,12-13H2,1-3H3,(H,21,24). The SMILES string of the molecule is CC(C)(C)c1ccc(Cn2c(CNC=O)nc3ccccc32)cc1. The molecule has 124 valence electrons. The second kappa shape index (κ2) is 6.48. The molecule has 0 spiro atoms. The van der Waals surface area contributed by atoms with Crippen molar-refractivity contribution in [1.82, 2.24) is 14.9 Å². The number of fused-ring (bicyclic) bond motifs is 1. The third-order valence-electron chi connectivity index (χ3n) is 4.24. The number of nitrogens with zero attached hydrogens (tertiary/aromatic N) is 2. The summed E-state index contributed by atoms with van der Waals surface area (Å²) >= 11 is 0. The highest BCUT2D eigenvalue weighted by Crippen LogP contribution is 2.23. The molecule has 4 heteroatoms. The Balaban J connectivity index is 1.95. The molecule has 2 aromatic carbocycles. The molecular weight excluding hydrogens is 298 g/mol. The number of imidazole rings is 1. The van der Waals surface area contributed by atoms with Gasteiger partial charge in [0.15, 0.2) is 0 Å². The summed E-state index contributed by atoms with van der Waals surface area (Å²) in [6.45, 7) is 7.82. The van der Waals surface area contributed by atoms with Crippen molar-refractivity contribution in [2.75, 3.05) is 0 Å². The largest absolute Gasteiger partial charge is 0.351 e. The van der Waals surface area contributed by atoms with Crippen molar-refractivity contribution in [3.63, 3.8) is 0 Å². The van der Waals surface area contributed by atoms with Crippen LogP contribution in [0.5, 0.6) is 0 Å². The Morgan fingerprint density at radius 2 is 1.79 bits per heavy atom. The average molecular weight is 321 g/mol. The van der Waals surface area contributed by atoms with E-state index in [2.05, 4.69) is 66.0 Å². The second-order valence-electron chi connectivity index (χ2n) is 7.05. The van der Waals surface area contributed by atoms with Crippen LogP contribution in [-0.2, 0) is 23.3 Å². The molecule has 0 fully saturated rings. The third-order valence-corrected chi connectivity index (χ3v) is 4.24. The lowest BCUT2D eigenvalue weighted by atomic mass is 9.87. The van der Waals surface area contributed by atoms with Gasteiger partial charge in [0.05, 0.1) is 17.6 Å². The zero-order valence-electron chi connectivity index (χ0n) is 14.4. The lowest BCUT2D eigenvalue weighted by Gasteiger charge is -2.19. The molecule has 3 rings (SSSR count). The summed E-state index contributed by atoms with van der Waals surface area (Å²) in [5.74, 6) is 0.864. The summed E-state index contributed by atoms with van der Waals surface area (Å²) < 4.78 is 2.16. The van der Waals surface area contributed by atoms with Gasteiger partial charge in [-0.3, -0.25) is 4.79 Å². The number of hydrogen-bond donors (Lipinski definition) is 1. The molecule has 1 N–H and O–H groups in total. The van der Waals surface area contributed by atoms with Crippen LogP contribution in [0.4, 0.5) is 0 Å². The van der Waals surface area contributed by atoms with Gasteiger partial charge in [-0.15, -0.1) is 0 Å². The highest BCUT2D eigenvalue weighted by Gasteiger charge is 2.14. The average Bonchev–Trinajstić information content (AvgIpc) is 2.90. The first-order valence-electron chi connectivity index (χ1n) is 8.19. The minimum atomic E-state index is 0.152. The number of benzene rings is 2. The van der Waals surface area contributed by atoms with Crippen LogP contribution in [0.25, 0.3) is 11.0 Å². The summed E-state index contributed by atoms with van der Waals surface area (Å²) in [5.41, 5.74) is 4.73. The van der Waals surface area contributed by atoms with Crippen molar-refractivity contribution in [3.05, 3.63) is 65.5 Å². The molecule has 0 aliphatic rings. The Bertz CT molecular complexity index is 841. The van der Waals surface area contributed by atoms with Crippen molar-refractivity contribution in [1.29, 1.82) is 0 Å². The fourth-order valence-corrected chi connectivity index (χ4v) is 2.86. The monoisotopic (exact) mass is 321 g/mol. The van der Waals surface area contributed by atoms with Gasteiger partial charge in [0.2, 0.25) is 6.41 Å². The van der Waals surface area contributed by atoms with Gasteiger partial charge >= 0.3 is 0 Å². The van der Waals surface area contributed by atoms with Crippen LogP contribution in [0.15, 0.2) is 48.5 Å². The van der Waals surface area contributed by atoms with E-state index in [-0.39, 0.29) is 5.41 Å². The van der Waals surface area contributed by atoms with Crippen LogP contribution in [-0.4, -0.2) is 16.0 Å². The van der Waals surface area contributed by atoms with Crippen molar-refractivity contribution >= 4 is 17.4 Å². The molecule has 24 heavy (non-hydrogen) atoms. The normalized spacial score (nSPS) is 11.6. The Hall–Kier alpha value is -2.62. The third kappa shape index (κ3) is 3.32. The Morgan fingerprint density at radius 3 is 2.46 bits per heavy atom. The first-order valence-corrected chi connectivity index (χ1v) is 8.19. The Morgan fingerprint density at radius 1 is 1.08 bits per heavy atom. The maximum Gasteiger partial charge on any atom is 0.207 e. The van der Waals surface area contributed by atoms with Crippen LogP contribution in [0.2, 0.25) is 0 Å². The smallest absolute Gasteiger partial charge is 0.207 e. The zero-order valence-corrected chi connectivity index (χ0v) is 14.4. The fraction of sp³-hybridized carbons (Fsp3) is 0.300. The van der Waals surface area contributed by atoms with Gasteiger partial charge in [0.25, 0.3) is 0 Å². The number of para-hydroxylation sites is 2. The molecule has 1 heterocycles. The number of hydrogen-bond acceptors (Lipinski definition) is 2. The van der Waals surface area contributed by atoms with E-state index < -0.39 is 0 Å². The number of rotatable bonds is 5. The molecule has 1 amide bonds. The topological polar surface area (TPSA) is 46.9 Å². The first kappa shape index (κ1) is 16.2. The molecule has 0 bridgehead atoms. The summed E-state index contributed by atoms with van der Waals surface area (Å²) in [6.07, 6.45) is 0.710. The van der Waals surface area contributed by atoms with Gasteiger partial charge < -0.3 is 9.88 Å². The van der Waals surface area contributed by atoms with Crippen LogP contribution in [0.1, 0.15) is 37.7 Å². The van der Waals surface area contributed by atoms with E-state index in [0.717, 1.165) is 23.4 Å². The zero-order chi connectivity index (χ0) is 17.2. The van der Waals surface area contributed by atoms with Gasteiger partial charge in [0.1, 0.15) is 5.82 Å². The van der Waals surface area contributed by atoms with Crippen LogP contribution < -0.4 is 5.32 Å². The van der Waals surface area contributed by atoms with Crippen LogP contribution in [0.3, 0.4) is 0 Å². The molecule has 0 saturated carbocycles. The lowest BCUT2D eigenvalue weighted by Crippen LogP contribution is -2.16. The summed E-state index contributed by atoms with van der Waals surface area (Å²) in [5, 5.41) is 2.72. The molecule has 1 aromatic heterocycles. The van der Waals surface area contributed by atoms with E-state index in [0.29, 0.717) is 13.0 Å². The van der Waals surface area contributed by atoms with Crippen molar-refractivity contribution in [2.24, 2.45) is 0 Å². The summed E-state index contributed by atoms with van der Waals surface area (Å²) in [6, 6.07) is 16.8. The number of nitrogens with one attached hydrogen (secondary N) is 1. The van der Waals surface area contributed by atoms with Crippen LogP contribution in [0, 0.1) is 0 Å². The van der Waals surface area contributed by atoms with Gasteiger partial charge in [-0.1, -0.05) is 57.2 Å². The van der Waals surface area contributed by atoms with Crippen molar-refractivity contribution in [2.45, 2.75) is 39.3 Å².